The van der Waals surface area contributed by atoms with Crippen LogP contribution in [-0.4, -0.2) is 37.2 Å². The van der Waals surface area contributed by atoms with Crippen LogP contribution in [0.15, 0.2) is 16.8 Å². The van der Waals surface area contributed by atoms with Gasteiger partial charge in [-0.1, -0.05) is 11.2 Å². The highest BCUT2D eigenvalue weighted by atomic mass is 16.7. The summed E-state index contributed by atoms with van der Waals surface area (Å²) in [6.45, 7) is 3.27. The van der Waals surface area contributed by atoms with Crippen LogP contribution in [0.2, 0.25) is 0 Å². The lowest BCUT2D eigenvalue weighted by Crippen LogP contribution is -2.25. The van der Waals surface area contributed by atoms with E-state index >= 15 is 0 Å². The summed E-state index contributed by atoms with van der Waals surface area (Å²) in [5.74, 6) is -0.388. The molecule has 0 saturated heterocycles. The predicted molar refractivity (Wildman–Crippen MR) is 50.5 cm³/mol. The maximum absolute atomic E-state index is 10.4. The first kappa shape index (κ1) is 9.92. The minimum atomic E-state index is -0.388. The third-order valence-corrected chi connectivity index (χ3v) is 1.77. The summed E-state index contributed by atoms with van der Waals surface area (Å²) in [6, 6.07) is 0. The Hall–Kier alpha value is -1.16. The minimum Gasteiger partial charge on any atom is -0.319 e. The Balaban J connectivity index is 2.39. The number of hydrogen-bond acceptors (Lipinski definition) is 4. The van der Waals surface area contributed by atoms with Crippen LogP contribution in [0, 0.1) is 0 Å². The summed E-state index contributed by atoms with van der Waals surface area (Å²) in [4.78, 5) is 17.0. The average Bonchev–Trinajstić information content (AvgIpc) is 2.03. The Bertz CT molecular complexity index is 246. The van der Waals surface area contributed by atoms with Gasteiger partial charge in [0.05, 0.1) is 6.21 Å². The average molecular weight is 182 g/mol. The van der Waals surface area contributed by atoms with Gasteiger partial charge in [0, 0.05) is 20.0 Å². The first-order valence-electron chi connectivity index (χ1n) is 4.27. The molecule has 72 valence electrons. The summed E-state index contributed by atoms with van der Waals surface area (Å²) in [7, 11) is 2.05. The molecule has 0 amide bonds. The van der Waals surface area contributed by atoms with Crippen LogP contribution in [0.3, 0.4) is 0 Å². The van der Waals surface area contributed by atoms with Gasteiger partial charge in [-0.25, -0.2) is 4.79 Å². The second-order valence-electron chi connectivity index (χ2n) is 3.12. The zero-order chi connectivity index (χ0) is 9.68. The largest absolute Gasteiger partial charge is 0.331 e. The number of oxime groups is 1. The Morgan fingerprint density at radius 3 is 3.15 bits per heavy atom. The fourth-order valence-corrected chi connectivity index (χ4v) is 1.19. The fourth-order valence-electron chi connectivity index (χ4n) is 1.19. The van der Waals surface area contributed by atoms with Crippen molar-refractivity contribution in [1.82, 2.24) is 4.90 Å². The summed E-state index contributed by atoms with van der Waals surface area (Å²) in [6.07, 6.45) is 4.72. The number of carbonyl (C=O) groups excluding carboxylic acids is 1. The van der Waals surface area contributed by atoms with Crippen LogP contribution >= 0.6 is 0 Å². The zero-order valence-corrected chi connectivity index (χ0v) is 7.99. The van der Waals surface area contributed by atoms with E-state index < -0.39 is 0 Å². The van der Waals surface area contributed by atoms with Gasteiger partial charge in [-0.15, -0.1) is 0 Å². The molecule has 0 aromatic rings. The van der Waals surface area contributed by atoms with E-state index in [9.17, 15) is 4.79 Å². The number of nitrogens with zero attached hydrogens (tertiary/aromatic N) is 2. The lowest BCUT2D eigenvalue weighted by atomic mass is 10.1. The van der Waals surface area contributed by atoms with Crippen LogP contribution in [0.4, 0.5) is 0 Å². The highest BCUT2D eigenvalue weighted by molar-refractivity contribution is 5.79. The molecule has 0 N–H and O–H groups in total. The molecule has 0 aromatic carbocycles. The number of carbonyl (C=O) groups is 1. The van der Waals surface area contributed by atoms with E-state index in [4.69, 9.17) is 0 Å². The third-order valence-electron chi connectivity index (χ3n) is 1.77. The van der Waals surface area contributed by atoms with Crippen molar-refractivity contribution in [1.29, 1.82) is 0 Å². The smallest absolute Gasteiger partial charge is 0.319 e. The van der Waals surface area contributed by atoms with Crippen molar-refractivity contribution in [3.8, 4) is 0 Å². The zero-order valence-electron chi connectivity index (χ0n) is 7.99. The third kappa shape index (κ3) is 3.85. The molecule has 1 aliphatic rings. The molecule has 4 heteroatoms. The molecule has 0 spiro atoms. The lowest BCUT2D eigenvalue weighted by Gasteiger charge is -2.20. The van der Waals surface area contributed by atoms with E-state index in [0.29, 0.717) is 0 Å². The molecule has 0 bridgehead atoms. The van der Waals surface area contributed by atoms with Crippen molar-refractivity contribution < 1.29 is 9.63 Å². The van der Waals surface area contributed by atoms with Crippen molar-refractivity contribution in [2.24, 2.45) is 5.16 Å². The SMILES string of the molecule is CC(=O)O/N=C/C1=CCCN(C)C1. The molecule has 0 radical (unpaired) electrons. The van der Waals surface area contributed by atoms with Gasteiger partial charge >= 0.3 is 5.97 Å². The quantitative estimate of drug-likeness (QED) is 0.360. The molecule has 0 saturated carbocycles. The summed E-state index contributed by atoms with van der Waals surface area (Å²) in [5, 5.41) is 3.56. The van der Waals surface area contributed by atoms with E-state index in [0.717, 1.165) is 25.1 Å². The predicted octanol–water partition coefficient (Wildman–Crippen LogP) is 0.797. The van der Waals surface area contributed by atoms with Gasteiger partial charge in [0.1, 0.15) is 0 Å². The number of likely N-dealkylation sites (N-methyl/N-ethyl adjacent to an activating group) is 1. The van der Waals surface area contributed by atoms with Gasteiger partial charge in [0.2, 0.25) is 0 Å². The molecule has 4 nitrogen and oxygen atoms in total. The Morgan fingerprint density at radius 2 is 2.54 bits per heavy atom. The second-order valence-corrected chi connectivity index (χ2v) is 3.12. The van der Waals surface area contributed by atoms with Crippen LogP contribution in [0.5, 0.6) is 0 Å². The Kier molecular flexibility index (Phi) is 3.64. The van der Waals surface area contributed by atoms with E-state index in [1.54, 1.807) is 6.21 Å². The van der Waals surface area contributed by atoms with Crippen molar-refractivity contribution in [2.45, 2.75) is 13.3 Å². The van der Waals surface area contributed by atoms with Crippen molar-refractivity contribution in [3.05, 3.63) is 11.6 Å². The van der Waals surface area contributed by atoms with Crippen LogP contribution in [0.25, 0.3) is 0 Å². The van der Waals surface area contributed by atoms with E-state index in [-0.39, 0.29) is 5.97 Å². The fraction of sp³-hybridized carbons (Fsp3) is 0.556. The Labute approximate surface area is 77.8 Å². The van der Waals surface area contributed by atoms with E-state index in [2.05, 4.69) is 21.0 Å². The molecule has 0 aliphatic carbocycles. The van der Waals surface area contributed by atoms with Gasteiger partial charge in [-0.3, -0.25) is 0 Å². The highest BCUT2D eigenvalue weighted by Gasteiger charge is 2.05. The molecule has 0 fully saturated rings. The molecule has 0 atom stereocenters. The van der Waals surface area contributed by atoms with Gasteiger partial charge in [-0.2, -0.15) is 0 Å². The van der Waals surface area contributed by atoms with Crippen molar-refractivity contribution >= 4 is 12.2 Å². The van der Waals surface area contributed by atoms with E-state index in [1.807, 2.05) is 7.05 Å². The number of rotatable bonds is 2. The minimum absolute atomic E-state index is 0.388. The Morgan fingerprint density at radius 1 is 1.77 bits per heavy atom. The molecule has 1 rings (SSSR count). The van der Waals surface area contributed by atoms with Gasteiger partial charge in [0.15, 0.2) is 0 Å². The van der Waals surface area contributed by atoms with Crippen molar-refractivity contribution in [3.63, 3.8) is 0 Å². The maximum Gasteiger partial charge on any atom is 0.331 e. The summed E-state index contributed by atoms with van der Waals surface area (Å²) < 4.78 is 0. The van der Waals surface area contributed by atoms with Crippen LogP contribution in [0.1, 0.15) is 13.3 Å². The molecular weight excluding hydrogens is 168 g/mol. The first-order valence-corrected chi connectivity index (χ1v) is 4.27. The van der Waals surface area contributed by atoms with Crippen molar-refractivity contribution in [2.75, 3.05) is 20.1 Å². The second kappa shape index (κ2) is 4.77. The molecule has 13 heavy (non-hydrogen) atoms. The highest BCUT2D eigenvalue weighted by Crippen LogP contribution is 2.05. The molecule has 0 unspecified atom stereocenters. The normalized spacial score (nSPS) is 18.8. The monoisotopic (exact) mass is 182 g/mol. The standard InChI is InChI=1S/C9H14N2O2/c1-8(12)13-10-6-9-4-3-5-11(2)7-9/h4,6H,3,5,7H2,1-2H3/b10-6+. The van der Waals surface area contributed by atoms with Gasteiger partial charge in [0.25, 0.3) is 0 Å². The molecule has 0 aromatic heterocycles. The van der Waals surface area contributed by atoms with Crippen LogP contribution in [-0.2, 0) is 9.63 Å². The first-order chi connectivity index (χ1) is 6.18. The van der Waals surface area contributed by atoms with Crippen LogP contribution < -0.4 is 0 Å². The maximum atomic E-state index is 10.4. The van der Waals surface area contributed by atoms with Gasteiger partial charge < -0.3 is 9.74 Å². The van der Waals surface area contributed by atoms with E-state index in [1.165, 1.54) is 6.92 Å². The topological polar surface area (TPSA) is 41.9 Å². The summed E-state index contributed by atoms with van der Waals surface area (Å²) >= 11 is 0. The van der Waals surface area contributed by atoms with Gasteiger partial charge in [-0.05, 0) is 19.0 Å². The number of hydrogen-bond donors (Lipinski definition) is 0. The molecular formula is C9H14N2O2. The summed E-state index contributed by atoms with van der Waals surface area (Å²) in [5.41, 5.74) is 1.09. The lowest BCUT2D eigenvalue weighted by molar-refractivity contribution is -0.140. The molecule has 1 aliphatic heterocycles. The molecule has 1 heterocycles.